The Morgan fingerprint density at radius 1 is 1.62 bits per heavy atom. The summed E-state index contributed by atoms with van der Waals surface area (Å²) in [7, 11) is 0. The molecule has 5 atom stereocenters. The van der Waals surface area contributed by atoms with E-state index in [0.29, 0.717) is 18.1 Å². The monoisotopic (exact) mass is 297 g/mol. The van der Waals surface area contributed by atoms with Crippen LogP contribution in [0.15, 0.2) is 11.8 Å². The normalized spacial score (nSPS) is 32.8. The predicted octanol–water partition coefficient (Wildman–Crippen LogP) is 1.86. The fourth-order valence-electron chi connectivity index (χ4n) is 3.26. The smallest absolute Gasteiger partial charge is 0.303 e. The zero-order chi connectivity index (χ0) is 15.4. The summed E-state index contributed by atoms with van der Waals surface area (Å²) in [5, 5.41) is 8.64. The molecular formula is C15H23NO5. The van der Waals surface area contributed by atoms with Crippen LogP contribution in [0, 0.1) is 17.8 Å². The average Bonchev–Trinajstić information content (AvgIpc) is 2.84. The minimum atomic E-state index is -0.930. The van der Waals surface area contributed by atoms with Gasteiger partial charge >= 0.3 is 5.97 Å². The fraction of sp³-hybridized carbons (Fsp3) is 0.733. The number of hydrogen-bond acceptors (Lipinski definition) is 5. The summed E-state index contributed by atoms with van der Waals surface area (Å²) in [6, 6.07) is -0.633. The van der Waals surface area contributed by atoms with Crippen molar-refractivity contribution in [2.24, 2.45) is 17.8 Å². The van der Waals surface area contributed by atoms with Crippen LogP contribution in [0.25, 0.3) is 0 Å². The number of hydrogen-bond donors (Lipinski definition) is 2. The Balaban J connectivity index is 1.89. The van der Waals surface area contributed by atoms with Crippen LogP contribution in [-0.2, 0) is 19.2 Å². The van der Waals surface area contributed by atoms with E-state index in [-0.39, 0.29) is 18.8 Å². The number of carbonyl (C=O) groups is 2. The van der Waals surface area contributed by atoms with Crippen LogP contribution in [0.3, 0.4) is 0 Å². The third-order valence-corrected chi connectivity index (χ3v) is 4.51. The van der Waals surface area contributed by atoms with Gasteiger partial charge in [0, 0.05) is 12.3 Å². The third kappa shape index (κ3) is 3.83. The molecule has 118 valence electrons. The number of ether oxygens (including phenoxy) is 1. The van der Waals surface area contributed by atoms with Crippen LogP contribution in [0.4, 0.5) is 0 Å². The lowest BCUT2D eigenvalue weighted by atomic mass is 9.84. The molecule has 1 fully saturated rings. The second-order valence-corrected chi connectivity index (χ2v) is 6.02. The van der Waals surface area contributed by atoms with Crippen molar-refractivity contribution in [2.75, 3.05) is 0 Å². The van der Waals surface area contributed by atoms with Gasteiger partial charge in [0.15, 0.2) is 0 Å². The fourth-order valence-corrected chi connectivity index (χ4v) is 3.26. The number of aldehydes is 1. The molecule has 0 spiro atoms. The van der Waals surface area contributed by atoms with Crippen LogP contribution >= 0.6 is 0 Å². The molecule has 2 N–H and O–H groups in total. The van der Waals surface area contributed by atoms with Gasteiger partial charge in [0.1, 0.15) is 6.29 Å². The lowest BCUT2D eigenvalue weighted by Crippen LogP contribution is -2.42. The van der Waals surface area contributed by atoms with E-state index < -0.39 is 18.3 Å². The van der Waals surface area contributed by atoms with Crippen molar-refractivity contribution < 1.29 is 24.3 Å². The molecule has 2 aliphatic rings. The van der Waals surface area contributed by atoms with Gasteiger partial charge < -0.3 is 14.6 Å². The van der Waals surface area contributed by atoms with E-state index in [1.54, 1.807) is 6.26 Å². The Labute approximate surface area is 124 Å². The maximum absolute atomic E-state index is 10.9. The zero-order valence-electron chi connectivity index (χ0n) is 12.5. The number of carboxylic acid groups (broad SMARTS) is 1. The lowest BCUT2D eigenvalue weighted by molar-refractivity contribution is -0.204. The van der Waals surface area contributed by atoms with Gasteiger partial charge in [-0.3, -0.25) is 9.63 Å². The van der Waals surface area contributed by atoms with Crippen molar-refractivity contribution >= 4 is 12.3 Å². The van der Waals surface area contributed by atoms with E-state index in [1.807, 2.05) is 0 Å². The summed E-state index contributed by atoms with van der Waals surface area (Å²) >= 11 is 0. The number of nitrogens with one attached hydrogen (secondary N) is 1. The lowest BCUT2D eigenvalue weighted by Gasteiger charge is -2.35. The van der Waals surface area contributed by atoms with Crippen LogP contribution in [0.5, 0.6) is 0 Å². The summed E-state index contributed by atoms with van der Waals surface area (Å²) in [4.78, 5) is 27.0. The molecule has 1 aliphatic heterocycles. The van der Waals surface area contributed by atoms with Gasteiger partial charge in [0.25, 0.3) is 0 Å². The topological polar surface area (TPSA) is 84.9 Å². The molecule has 1 aliphatic carbocycles. The standard InChI is InChI=1S/C15H23NO5/c1-9-3-5-12-10(2)8-20-15(14(9)12)21-16-11(7-17)4-6-13(18)19/h7-9,11-12,14-16H,3-6H2,1-2H3,(H,18,19)/t9?,11-,12+,14+,15+/m1/s1. The van der Waals surface area contributed by atoms with E-state index in [4.69, 9.17) is 14.7 Å². The van der Waals surface area contributed by atoms with Crippen molar-refractivity contribution in [1.82, 2.24) is 5.48 Å². The molecule has 1 heterocycles. The Morgan fingerprint density at radius 2 is 2.38 bits per heavy atom. The first-order valence-corrected chi connectivity index (χ1v) is 7.43. The van der Waals surface area contributed by atoms with Gasteiger partial charge in [-0.05, 0) is 43.6 Å². The summed E-state index contributed by atoms with van der Waals surface area (Å²) < 4.78 is 5.62. The first-order valence-electron chi connectivity index (χ1n) is 7.43. The number of carbonyl (C=O) groups excluding carboxylic acids is 1. The first kappa shape index (κ1) is 16.0. The maximum Gasteiger partial charge on any atom is 0.303 e. The highest BCUT2D eigenvalue weighted by Gasteiger charge is 2.44. The van der Waals surface area contributed by atoms with Crippen molar-refractivity contribution in [3.05, 3.63) is 11.8 Å². The molecule has 6 nitrogen and oxygen atoms in total. The summed E-state index contributed by atoms with van der Waals surface area (Å²) in [6.45, 7) is 4.26. The van der Waals surface area contributed by atoms with Crippen molar-refractivity contribution in [2.45, 2.75) is 51.9 Å². The quantitative estimate of drug-likeness (QED) is 0.551. The molecule has 6 heteroatoms. The molecule has 0 saturated heterocycles. The largest absolute Gasteiger partial charge is 0.481 e. The zero-order valence-corrected chi connectivity index (χ0v) is 12.5. The SMILES string of the molecule is CC1=CO[C@@H](ON[C@@H](C=O)CCC(=O)O)[C@H]2C(C)CC[C@@H]12. The number of rotatable bonds is 7. The van der Waals surface area contributed by atoms with E-state index in [1.165, 1.54) is 5.57 Å². The predicted molar refractivity (Wildman–Crippen MR) is 75.0 cm³/mol. The van der Waals surface area contributed by atoms with Crippen LogP contribution in [0.2, 0.25) is 0 Å². The summed E-state index contributed by atoms with van der Waals surface area (Å²) in [6.07, 6.45) is 4.37. The molecule has 1 unspecified atom stereocenters. The number of aliphatic carboxylic acids is 1. The maximum atomic E-state index is 10.9. The summed E-state index contributed by atoms with van der Waals surface area (Å²) in [5.41, 5.74) is 3.89. The molecular weight excluding hydrogens is 274 g/mol. The van der Waals surface area contributed by atoms with Gasteiger partial charge in [-0.1, -0.05) is 6.92 Å². The molecule has 0 aromatic rings. The Bertz CT molecular complexity index is 422. The number of hydroxylamine groups is 1. The van der Waals surface area contributed by atoms with Gasteiger partial charge in [-0.15, -0.1) is 0 Å². The van der Waals surface area contributed by atoms with Crippen molar-refractivity contribution in [1.29, 1.82) is 0 Å². The molecule has 0 aromatic carbocycles. The second kappa shape index (κ2) is 7.04. The molecule has 1 saturated carbocycles. The first-order chi connectivity index (χ1) is 10.0. The Hall–Kier alpha value is -1.40. The van der Waals surface area contributed by atoms with E-state index in [2.05, 4.69) is 19.3 Å². The number of allylic oxidation sites excluding steroid dienone is 1. The molecule has 0 bridgehead atoms. The minimum Gasteiger partial charge on any atom is -0.481 e. The van der Waals surface area contributed by atoms with Gasteiger partial charge in [0.2, 0.25) is 6.29 Å². The van der Waals surface area contributed by atoms with E-state index >= 15 is 0 Å². The van der Waals surface area contributed by atoms with Crippen molar-refractivity contribution in [3.63, 3.8) is 0 Å². The van der Waals surface area contributed by atoms with Crippen LogP contribution in [0.1, 0.15) is 39.5 Å². The molecule has 0 aromatic heterocycles. The van der Waals surface area contributed by atoms with E-state index in [9.17, 15) is 9.59 Å². The van der Waals surface area contributed by atoms with Gasteiger partial charge in [-0.25, -0.2) is 0 Å². The highest BCUT2D eigenvalue weighted by Crippen LogP contribution is 2.46. The van der Waals surface area contributed by atoms with Crippen LogP contribution in [-0.4, -0.2) is 29.7 Å². The molecule has 0 amide bonds. The highest BCUT2D eigenvalue weighted by atomic mass is 16.8. The van der Waals surface area contributed by atoms with Crippen LogP contribution < -0.4 is 5.48 Å². The van der Waals surface area contributed by atoms with Crippen molar-refractivity contribution in [3.8, 4) is 0 Å². The highest BCUT2D eigenvalue weighted by molar-refractivity contribution is 5.68. The molecule has 0 radical (unpaired) electrons. The third-order valence-electron chi connectivity index (χ3n) is 4.51. The second-order valence-electron chi connectivity index (χ2n) is 6.02. The average molecular weight is 297 g/mol. The van der Waals surface area contributed by atoms with Gasteiger partial charge in [-0.2, -0.15) is 5.48 Å². The number of carboxylic acids is 1. The Morgan fingerprint density at radius 3 is 3.05 bits per heavy atom. The Kier molecular flexibility index (Phi) is 5.36. The minimum absolute atomic E-state index is 0.0766. The van der Waals surface area contributed by atoms with E-state index in [0.717, 1.165) is 12.8 Å². The summed E-state index contributed by atoms with van der Waals surface area (Å²) in [5.74, 6) is 0.309. The number of fused-ring (bicyclic) bond motifs is 1. The van der Waals surface area contributed by atoms with Gasteiger partial charge in [0.05, 0.1) is 12.3 Å². The molecule has 21 heavy (non-hydrogen) atoms. The molecule has 2 rings (SSSR count).